The van der Waals surface area contributed by atoms with Gasteiger partial charge in [0, 0.05) is 6.04 Å². The summed E-state index contributed by atoms with van der Waals surface area (Å²) in [4.78, 5) is 11.3. The molecule has 2 aromatic rings. The second kappa shape index (κ2) is 6.39. The van der Waals surface area contributed by atoms with E-state index in [1.165, 1.54) is 18.2 Å². The van der Waals surface area contributed by atoms with Crippen molar-refractivity contribution in [2.24, 2.45) is 0 Å². The molecule has 0 unspecified atom stereocenters. The van der Waals surface area contributed by atoms with E-state index in [0.717, 1.165) is 0 Å². The van der Waals surface area contributed by atoms with Crippen LogP contribution in [-0.2, 0) is 11.3 Å². The number of nitrogens with one attached hydrogen (secondary N) is 1. The van der Waals surface area contributed by atoms with Crippen molar-refractivity contribution in [3.8, 4) is 0 Å². The van der Waals surface area contributed by atoms with E-state index >= 15 is 0 Å². The monoisotopic (exact) mass is 273 g/mol. The van der Waals surface area contributed by atoms with Crippen molar-refractivity contribution in [3.63, 3.8) is 0 Å². The Morgan fingerprint density at radius 3 is 2.60 bits per heavy atom. The quantitative estimate of drug-likeness (QED) is 0.850. The van der Waals surface area contributed by atoms with Crippen LogP contribution < -0.4 is 5.32 Å². The zero-order chi connectivity index (χ0) is 14.5. The highest BCUT2D eigenvalue weighted by molar-refractivity contribution is 5.86. The van der Waals surface area contributed by atoms with E-state index in [0.29, 0.717) is 12.3 Å². The molecule has 4 heteroatoms. The molecule has 20 heavy (non-hydrogen) atoms. The molecule has 1 aromatic carbocycles. The predicted octanol–water partition coefficient (Wildman–Crippen LogP) is 3.23. The van der Waals surface area contributed by atoms with Gasteiger partial charge in [0.2, 0.25) is 5.76 Å². The van der Waals surface area contributed by atoms with Gasteiger partial charge in [0.25, 0.3) is 0 Å². The first-order chi connectivity index (χ1) is 9.60. The van der Waals surface area contributed by atoms with Crippen molar-refractivity contribution in [3.05, 3.63) is 59.0 Å². The van der Waals surface area contributed by atoms with Gasteiger partial charge in [-0.3, -0.25) is 0 Å². The number of hydrogen-bond acceptors (Lipinski definition) is 4. The number of furan rings is 1. The third-order valence-corrected chi connectivity index (χ3v) is 3.21. The fourth-order valence-corrected chi connectivity index (χ4v) is 1.91. The van der Waals surface area contributed by atoms with Crippen molar-refractivity contribution in [1.29, 1.82) is 0 Å². The number of benzene rings is 1. The lowest BCUT2D eigenvalue weighted by atomic mass is 10.1. The van der Waals surface area contributed by atoms with E-state index in [4.69, 9.17) is 4.42 Å². The van der Waals surface area contributed by atoms with E-state index < -0.39 is 5.97 Å². The number of methoxy groups -OCH3 is 1. The summed E-state index contributed by atoms with van der Waals surface area (Å²) in [6, 6.07) is 12.0. The largest absolute Gasteiger partial charge is 0.463 e. The SMILES string of the molecule is COC(=O)c1ccc(CN[C@H](C)c2ccc(C)cc2)o1. The first kappa shape index (κ1) is 14.3. The Morgan fingerprint density at radius 1 is 1.25 bits per heavy atom. The second-order valence-corrected chi connectivity index (χ2v) is 4.77. The molecule has 0 amide bonds. The van der Waals surface area contributed by atoms with Gasteiger partial charge >= 0.3 is 5.97 Å². The van der Waals surface area contributed by atoms with E-state index in [-0.39, 0.29) is 11.8 Å². The summed E-state index contributed by atoms with van der Waals surface area (Å²) in [6.07, 6.45) is 0. The fraction of sp³-hybridized carbons (Fsp3) is 0.312. The lowest BCUT2D eigenvalue weighted by Crippen LogP contribution is -2.17. The average Bonchev–Trinajstić information content (AvgIpc) is 2.93. The van der Waals surface area contributed by atoms with Crippen LogP contribution in [0.3, 0.4) is 0 Å². The minimum Gasteiger partial charge on any atom is -0.463 e. The number of hydrogen-bond donors (Lipinski definition) is 1. The minimum atomic E-state index is -0.456. The molecule has 1 aromatic heterocycles. The summed E-state index contributed by atoms with van der Waals surface area (Å²) in [5.41, 5.74) is 2.46. The molecule has 0 radical (unpaired) electrons. The summed E-state index contributed by atoms with van der Waals surface area (Å²) in [5.74, 6) is 0.486. The first-order valence-corrected chi connectivity index (χ1v) is 6.57. The molecular weight excluding hydrogens is 254 g/mol. The normalized spacial score (nSPS) is 12.2. The molecule has 0 aliphatic carbocycles. The lowest BCUT2D eigenvalue weighted by Gasteiger charge is -2.13. The molecule has 1 N–H and O–H groups in total. The summed E-state index contributed by atoms with van der Waals surface area (Å²) in [5, 5.41) is 3.36. The Morgan fingerprint density at radius 2 is 1.95 bits per heavy atom. The Balaban J connectivity index is 1.93. The number of ether oxygens (including phenoxy) is 1. The van der Waals surface area contributed by atoms with Crippen LogP contribution in [0, 0.1) is 6.92 Å². The Labute approximate surface area is 118 Å². The molecule has 0 aliphatic heterocycles. The molecule has 0 saturated carbocycles. The second-order valence-electron chi connectivity index (χ2n) is 4.77. The van der Waals surface area contributed by atoms with Crippen molar-refractivity contribution >= 4 is 5.97 Å². The zero-order valence-corrected chi connectivity index (χ0v) is 12.0. The molecular formula is C16H19NO3. The molecule has 106 valence electrons. The van der Waals surface area contributed by atoms with Crippen LogP contribution in [0.1, 0.15) is 40.4 Å². The Hall–Kier alpha value is -2.07. The third-order valence-electron chi connectivity index (χ3n) is 3.21. The average molecular weight is 273 g/mol. The Kier molecular flexibility index (Phi) is 4.58. The van der Waals surface area contributed by atoms with Crippen molar-refractivity contribution < 1.29 is 13.9 Å². The van der Waals surface area contributed by atoms with E-state index in [9.17, 15) is 4.79 Å². The molecule has 2 rings (SSSR count). The maximum absolute atomic E-state index is 11.3. The summed E-state index contributed by atoms with van der Waals surface area (Å²) in [7, 11) is 1.34. The van der Waals surface area contributed by atoms with E-state index in [1.54, 1.807) is 12.1 Å². The summed E-state index contributed by atoms with van der Waals surface area (Å²) < 4.78 is 10.0. The number of carbonyl (C=O) groups excluding carboxylic acids is 1. The molecule has 0 aliphatic rings. The van der Waals surface area contributed by atoms with Gasteiger partial charge in [0.05, 0.1) is 13.7 Å². The van der Waals surface area contributed by atoms with Gasteiger partial charge in [0.15, 0.2) is 0 Å². The smallest absolute Gasteiger partial charge is 0.373 e. The maximum atomic E-state index is 11.3. The van der Waals surface area contributed by atoms with Crippen LogP contribution in [0.15, 0.2) is 40.8 Å². The molecule has 1 atom stereocenters. The van der Waals surface area contributed by atoms with Crippen LogP contribution in [-0.4, -0.2) is 13.1 Å². The van der Waals surface area contributed by atoms with Gasteiger partial charge in [0.1, 0.15) is 5.76 Å². The topological polar surface area (TPSA) is 51.5 Å². The molecule has 0 saturated heterocycles. The van der Waals surface area contributed by atoms with Gasteiger partial charge in [-0.2, -0.15) is 0 Å². The molecule has 0 fully saturated rings. The van der Waals surface area contributed by atoms with E-state index in [2.05, 4.69) is 48.2 Å². The third kappa shape index (κ3) is 3.48. The first-order valence-electron chi connectivity index (χ1n) is 6.57. The van der Waals surface area contributed by atoms with Gasteiger partial charge < -0.3 is 14.5 Å². The predicted molar refractivity (Wildman–Crippen MR) is 76.5 cm³/mol. The van der Waals surface area contributed by atoms with Crippen molar-refractivity contribution in [1.82, 2.24) is 5.32 Å². The highest BCUT2D eigenvalue weighted by Crippen LogP contribution is 2.15. The van der Waals surface area contributed by atoms with Crippen LogP contribution in [0.4, 0.5) is 0 Å². The summed E-state index contributed by atoms with van der Waals surface area (Å²) in [6.45, 7) is 4.72. The fourth-order valence-electron chi connectivity index (χ4n) is 1.91. The number of carbonyl (C=O) groups is 1. The van der Waals surface area contributed by atoms with E-state index in [1.807, 2.05) is 0 Å². The van der Waals surface area contributed by atoms with Crippen LogP contribution >= 0.6 is 0 Å². The number of esters is 1. The molecule has 0 spiro atoms. The van der Waals surface area contributed by atoms with Gasteiger partial charge in [-0.05, 0) is 31.5 Å². The molecule has 0 bridgehead atoms. The number of aryl methyl sites for hydroxylation is 1. The maximum Gasteiger partial charge on any atom is 0.373 e. The van der Waals surface area contributed by atoms with Crippen molar-refractivity contribution in [2.75, 3.05) is 7.11 Å². The highest BCUT2D eigenvalue weighted by Gasteiger charge is 2.11. The number of rotatable bonds is 5. The molecule has 4 nitrogen and oxygen atoms in total. The Bertz CT molecular complexity index is 572. The van der Waals surface area contributed by atoms with Crippen LogP contribution in [0.25, 0.3) is 0 Å². The highest BCUT2D eigenvalue weighted by atomic mass is 16.5. The minimum absolute atomic E-state index is 0.210. The zero-order valence-electron chi connectivity index (χ0n) is 12.0. The van der Waals surface area contributed by atoms with Crippen molar-refractivity contribution in [2.45, 2.75) is 26.4 Å². The lowest BCUT2D eigenvalue weighted by molar-refractivity contribution is 0.0563. The van der Waals surface area contributed by atoms with Gasteiger partial charge in [-0.1, -0.05) is 29.8 Å². The molecule has 1 heterocycles. The van der Waals surface area contributed by atoms with Gasteiger partial charge in [-0.15, -0.1) is 0 Å². The van der Waals surface area contributed by atoms with Gasteiger partial charge in [-0.25, -0.2) is 4.79 Å². The van der Waals surface area contributed by atoms with Crippen LogP contribution in [0.5, 0.6) is 0 Å². The standard InChI is InChI=1S/C16H19NO3/c1-11-4-6-13(7-5-11)12(2)17-10-14-8-9-15(20-14)16(18)19-3/h4-9,12,17H,10H2,1-3H3/t12-/m1/s1. The van der Waals surface area contributed by atoms with Crippen LogP contribution in [0.2, 0.25) is 0 Å². The summed E-state index contributed by atoms with van der Waals surface area (Å²) >= 11 is 0.